The van der Waals surface area contributed by atoms with Crippen LogP contribution in [0.25, 0.3) is 0 Å². The quantitative estimate of drug-likeness (QED) is 0.815. The molecule has 1 heterocycles. The average molecular weight is 359 g/mol. The van der Waals surface area contributed by atoms with E-state index in [4.69, 9.17) is 9.47 Å². The van der Waals surface area contributed by atoms with Crippen molar-refractivity contribution < 1.29 is 14.3 Å². The molecule has 3 rings (SSSR count). The van der Waals surface area contributed by atoms with Gasteiger partial charge in [-0.25, -0.2) is 0 Å². The van der Waals surface area contributed by atoms with Crippen molar-refractivity contribution in [3.05, 3.63) is 46.2 Å². The first kappa shape index (κ1) is 17.8. The van der Waals surface area contributed by atoms with Crippen molar-refractivity contribution in [1.82, 2.24) is 5.32 Å². The highest BCUT2D eigenvalue weighted by Crippen LogP contribution is 2.41. The van der Waals surface area contributed by atoms with Crippen molar-refractivity contribution in [2.24, 2.45) is 0 Å². The van der Waals surface area contributed by atoms with E-state index in [0.29, 0.717) is 17.9 Å². The third-order valence-electron chi connectivity index (χ3n) is 5.13. The fourth-order valence-corrected chi connectivity index (χ4v) is 4.47. The highest BCUT2D eigenvalue weighted by atomic mass is 32.1. The van der Waals surface area contributed by atoms with Crippen molar-refractivity contribution in [3.8, 4) is 11.5 Å². The van der Waals surface area contributed by atoms with Crippen LogP contribution < -0.4 is 14.8 Å². The molecule has 0 unspecified atom stereocenters. The molecule has 0 saturated heterocycles. The highest BCUT2D eigenvalue weighted by molar-refractivity contribution is 7.08. The lowest BCUT2D eigenvalue weighted by Crippen LogP contribution is -2.39. The summed E-state index contributed by atoms with van der Waals surface area (Å²) in [6, 6.07) is 7.81. The number of hydrogen-bond acceptors (Lipinski definition) is 4. The van der Waals surface area contributed by atoms with Gasteiger partial charge in [-0.05, 0) is 52.9 Å². The van der Waals surface area contributed by atoms with Gasteiger partial charge in [0.15, 0.2) is 11.5 Å². The lowest BCUT2D eigenvalue weighted by molar-refractivity contribution is -0.120. The molecule has 0 radical (unpaired) electrons. The predicted molar refractivity (Wildman–Crippen MR) is 101 cm³/mol. The lowest BCUT2D eigenvalue weighted by atomic mass is 9.80. The van der Waals surface area contributed by atoms with Gasteiger partial charge in [-0.3, -0.25) is 4.79 Å². The predicted octanol–water partition coefficient (Wildman–Crippen LogP) is 3.94. The van der Waals surface area contributed by atoms with E-state index in [-0.39, 0.29) is 11.3 Å². The first-order chi connectivity index (χ1) is 12.2. The van der Waals surface area contributed by atoms with Gasteiger partial charge in [0.25, 0.3) is 0 Å². The second-order valence-corrected chi connectivity index (χ2v) is 7.42. The first-order valence-electron chi connectivity index (χ1n) is 8.67. The number of ether oxygens (including phenoxy) is 2. The molecule has 134 valence electrons. The summed E-state index contributed by atoms with van der Waals surface area (Å²) in [4.78, 5) is 12.5. The third-order valence-corrected chi connectivity index (χ3v) is 5.81. The maximum atomic E-state index is 12.5. The Morgan fingerprint density at radius 3 is 2.56 bits per heavy atom. The number of carbonyl (C=O) groups excluding carboxylic acids is 1. The van der Waals surface area contributed by atoms with Crippen LogP contribution >= 0.6 is 11.3 Å². The number of nitrogens with one attached hydrogen (secondary N) is 1. The lowest BCUT2D eigenvalue weighted by Gasteiger charge is -2.28. The molecular weight excluding hydrogens is 334 g/mol. The number of hydrogen-bond donors (Lipinski definition) is 1. The summed E-state index contributed by atoms with van der Waals surface area (Å²) in [7, 11) is 3.21. The molecule has 5 heteroatoms. The van der Waals surface area contributed by atoms with E-state index >= 15 is 0 Å². The zero-order valence-electron chi connectivity index (χ0n) is 14.8. The summed E-state index contributed by atoms with van der Waals surface area (Å²) in [5.41, 5.74) is 2.42. The van der Waals surface area contributed by atoms with E-state index in [2.05, 4.69) is 22.1 Å². The van der Waals surface area contributed by atoms with E-state index in [9.17, 15) is 4.79 Å². The van der Waals surface area contributed by atoms with Crippen molar-refractivity contribution in [2.45, 2.75) is 37.5 Å². The molecule has 0 spiro atoms. The van der Waals surface area contributed by atoms with Crippen LogP contribution in [0.1, 0.15) is 36.8 Å². The van der Waals surface area contributed by atoms with E-state index < -0.39 is 0 Å². The van der Waals surface area contributed by atoms with Gasteiger partial charge in [-0.1, -0.05) is 18.9 Å². The van der Waals surface area contributed by atoms with Crippen molar-refractivity contribution in [2.75, 3.05) is 20.8 Å². The van der Waals surface area contributed by atoms with Crippen LogP contribution in [0, 0.1) is 0 Å². The van der Waals surface area contributed by atoms with Gasteiger partial charge >= 0.3 is 0 Å². The Morgan fingerprint density at radius 2 is 1.92 bits per heavy atom. The summed E-state index contributed by atoms with van der Waals surface area (Å²) < 4.78 is 10.6. The molecule has 2 aromatic rings. The Balaban J connectivity index is 1.63. The second-order valence-electron chi connectivity index (χ2n) is 6.64. The third kappa shape index (κ3) is 3.98. The van der Waals surface area contributed by atoms with Crippen LogP contribution in [0.3, 0.4) is 0 Å². The van der Waals surface area contributed by atoms with Crippen molar-refractivity contribution in [1.29, 1.82) is 0 Å². The van der Waals surface area contributed by atoms with E-state index in [0.717, 1.165) is 24.9 Å². The zero-order valence-corrected chi connectivity index (χ0v) is 15.7. The molecule has 0 atom stereocenters. The number of thiophene rings is 1. The molecule has 1 amide bonds. The van der Waals surface area contributed by atoms with E-state index in [1.807, 2.05) is 18.2 Å². The number of benzene rings is 1. The number of carbonyl (C=O) groups is 1. The van der Waals surface area contributed by atoms with Crippen LogP contribution in [0.15, 0.2) is 35.0 Å². The molecule has 1 aliphatic rings. The minimum Gasteiger partial charge on any atom is -0.493 e. The van der Waals surface area contributed by atoms with Gasteiger partial charge < -0.3 is 14.8 Å². The Bertz CT molecular complexity index is 706. The average Bonchev–Trinajstić information content (AvgIpc) is 3.32. The molecule has 4 nitrogen and oxygen atoms in total. The van der Waals surface area contributed by atoms with Gasteiger partial charge in [0.05, 0.1) is 20.6 Å². The van der Waals surface area contributed by atoms with Gasteiger partial charge in [0.1, 0.15) is 0 Å². The van der Waals surface area contributed by atoms with Gasteiger partial charge in [0.2, 0.25) is 5.91 Å². The SMILES string of the molecule is COc1ccc(CC(=O)NCC2(c3ccsc3)CCCC2)cc1OC. The number of amides is 1. The molecule has 25 heavy (non-hydrogen) atoms. The van der Waals surface area contributed by atoms with E-state index in [1.165, 1.54) is 18.4 Å². The summed E-state index contributed by atoms with van der Waals surface area (Å²) in [6.45, 7) is 0.718. The Kier molecular flexibility index (Phi) is 5.63. The van der Waals surface area contributed by atoms with E-state index in [1.54, 1.807) is 25.6 Å². The first-order valence-corrected chi connectivity index (χ1v) is 9.61. The summed E-state index contributed by atoms with van der Waals surface area (Å²) in [6.07, 6.45) is 5.13. The molecular formula is C20H25NO3S. The fraction of sp³-hybridized carbons (Fsp3) is 0.450. The minimum atomic E-state index is 0.0497. The molecule has 1 aliphatic carbocycles. The summed E-state index contributed by atoms with van der Waals surface area (Å²) in [5, 5.41) is 7.52. The molecule has 1 aromatic carbocycles. The largest absolute Gasteiger partial charge is 0.493 e. The van der Waals surface area contributed by atoms with Crippen LogP contribution in [0.2, 0.25) is 0 Å². The summed E-state index contributed by atoms with van der Waals surface area (Å²) >= 11 is 1.73. The molecule has 1 saturated carbocycles. The molecule has 1 N–H and O–H groups in total. The van der Waals surface area contributed by atoms with Gasteiger partial charge in [0, 0.05) is 12.0 Å². The van der Waals surface area contributed by atoms with Gasteiger partial charge in [-0.2, -0.15) is 11.3 Å². The second kappa shape index (κ2) is 7.91. The monoisotopic (exact) mass is 359 g/mol. The molecule has 1 aromatic heterocycles. The molecule has 0 aliphatic heterocycles. The summed E-state index contributed by atoms with van der Waals surface area (Å²) in [5.74, 6) is 1.38. The van der Waals surface area contributed by atoms with Crippen molar-refractivity contribution in [3.63, 3.8) is 0 Å². The van der Waals surface area contributed by atoms with Crippen LogP contribution in [-0.4, -0.2) is 26.7 Å². The standard InChI is InChI=1S/C20H25NO3S/c1-23-17-6-5-15(11-18(17)24-2)12-19(22)21-14-20(8-3-4-9-20)16-7-10-25-13-16/h5-7,10-11,13H,3-4,8-9,12,14H2,1-2H3,(H,21,22). The van der Waals surface area contributed by atoms with Crippen LogP contribution in [0.5, 0.6) is 11.5 Å². The minimum absolute atomic E-state index is 0.0497. The Labute approximate surface area is 153 Å². The number of methoxy groups -OCH3 is 2. The number of rotatable bonds is 7. The Hall–Kier alpha value is -2.01. The molecule has 0 bridgehead atoms. The van der Waals surface area contributed by atoms with Crippen LogP contribution in [0.4, 0.5) is 0 Å². The van der Waals surface area contributed by atoms with Gasteiger partial charge in [-0.15, -0.1) is 0 Å². The Morgan fingerprint density at radius 1 is 1.16 bits per heavy atom. The van der Waals surface area contributed by atoms with Crippen molar-refractivity contribution >= 4 is 17.2 Å². The zero-order chi connectivity index (χ0) is 17.7. The fourth-order valence-electron chi connectivity index (χ4n) is 3.69. The topological polar surface area (TPSA) is 47.6 Å². The van der Waals surface area contributed by atoms with Crippen LogP contribution in [-0.2, 0) is 16.6 Å². The maximum absolute atomic E-state index is 12.5. The molecule has 1 fully saturated rings. The maximum Gasteiger partial charge on any atom is 0.224 e. The normalized spacial score (nSPS) is 15.8. The highest BCUT2D eigenvalue weighted by Gasteiger charge is 2.36. The smallest absolute Gasteiger partial charge is 0.224 e.